The lowest BCUT2D eigenvalue weighted by molar-refractivity contribution is 0.635. The highest BCUT2D eigenvalue weighted by atomic mass is 79.9. The lowest BCUT2D eigenvalue weighted by atomic mass is 10.0. The maximum atomic E-state index is 6.05. The molecule has 0 fully saturated rings. The van der Waals surface area contributed by atoms with E-state index in [-0.39, 0.29) is 6.04 Å². The molecule has 0 unspecified atom stereocenters. The molecular formula is C11H16BrN. The monoisotopic (exact) mass is 241 g/mol. The van der Waals surface area contributed by atoms with Crippen molar-refractivity contribution in [3.8, 4) is 0 Å². The van der Waals surface area contributed by atoms with Crippen LogP contribution in [0.2, 0.25) is 0 Å². The van der Waals surface area contributed by atoms with Crippen LogP contribution in [0.5, 0.6) is 0 Å². The Labute approximate surface area is 88.5 Å². The molecule has 2 heteroatoms. The SMILES string of the molecule is CCC[C@@H](N)c1cc(C)ccc1Br. The number of nitrogens with two attached hydrogens (primary N) is 1. The maximum absolute atomic E-state index is 6.05. The van der Waals surface area contributed by atoms with Gasteiger partial charge in [-0.2, -0.15) is 0 Å². The summed E-state index contributed by atoms with van der Waals surface area (Å²) < 4.78 is 1.12. The summed E-state index contributed by atoms with van der Waals surface area (Å²) in [4.78, 5) is 0. The van der Waals surface area contributed by atoms with Crippen LogP contribution in [-0.4, -0.2) is 0 Å². The van der Waals surface area contributed by atoms with E-state index in [1.54, 1.807) is 0 Å². The van der Waals surface area contributed by atoms with E-state index in [0.717, 1.165) is 17.3 Å². The van der Waals surface area contributed by atoms with E-state index in [2.05, 4.69) is 48.0 Å². The van der Waals surface area contributed by atoms with Gasteiger partial charge >= 0.3 is 0 Å². The first-order valence-electron chi connectivity index (χ1n) is 4.66. The van der Waals surface area contributed by atoms with Gasteiger partial charge in [0, 0.05) is 10.5 Å². The zero-order chi connectivity index (χ0) is 9.84. The van der Waals surface area contributed by atoms with Crippen molar-refractivity contribution in [3.63, 3.8) is 0 Å². The Morgan fingerprint density at radius 1 is 1.46 bits per heavy atom. The normalized spacial score (nSPS) is 12.9. The minimum absolute atomic E-state index is 0.166. The van der Waals surface area contributed by atoms with Crippen LogP contribution < -0.4 is 5.73 Å². The highest BCUT2D eigenvalue weighted by Crippen LogP contribution is 2.25. The predicted molar refractivity (Wildman–Crippen MR) is 60.7 cm³/mol. The molecule has 0 aliphatic rings. The van der Waals surface area contributed by atoms with Crippen LogP contribution in [-0.2, 0) is 0 Å². The zero-order valence-electron chi connectivity index (χ0n) is 8.18. The fraction of sp³-hybridized carbons (Fsp3) is 0.455. The van der Waals surface area contributed by atoms with Gasteiger partial charge in [-0.05, 0) is 25.0 Å². The van der Waals surface area contributed by atoms with Crippen LogP contribution in [0, 0.1) is 6.92 Å². The molecule has 0 heterocycles. The van der Waals surface area contributed by atoms with Crippen molar-refractivity contribution in [3.05, 3.63) is 33.8 Å². The van der Waals surface area contributed by atoms with Gasteiger partial charge in [0.25, 0.3) is 0 Å². The van der Waals surface area contributed by atoms with Crippen molar-refractivity contribution in [2.24, 2.45) is 5.73 Å². The molecule has 2 N–H and O–H groups in total. The van der Waals surface area contributed by atoms with E-state index in [9.17, 15) is 0 Å². The summed E-state index contributed by atoms with van der Waals surface area (Å²) in [6.07, 6.45) is 2.17. The maximum Gasteiger partial charge on any atom is 0.0306 e. The molecular weight excluding hydrogens is 226 g/mol. The third kappa shape index (κ3) is 2.82. The van der Waals surface area contributed by atoms with Crippen LogP contribution in [0.1, 0.15) is 36.9 Å². The van der Waals surface area contributed by atoms with Crippen LogP contribution in [0.15, 0.2) is 22.7 Å². The van der Waals surface area contributed by atoms with Crippen molar-refractivity contribution in [1.82, 2.24) is 0 Å². The van der Waals surface area contributed by atoms with Gasteiger partial charge < -0.3 is 5.73 Å². The quantitative estimate of drug-likeness (QED) is 0.861. The summed E-state index contributed by atoms with van der Waals surface area (Å²) in [5.74, 6) is 0. The smallest absolute Gasteiger partial charge is 0.0306 e. The standard InChI is InChI=1S/C11H16BrN/c1-3-4-11(13)9-7-8(2)5-6-10(9)12/h5-7,11H,3-4,13H2,1-2H3/t11-/m1/s1. The molecule has 0 aliphatic carbocycles. The van der Waals surface area contributed by atoms with E-state index in [1.807, 2.05) is 0 Å². The number of halogens is 1. The van der Waals surface area contributed by atoms with E-state index in [4.69, 9.17) is 5.73 Å². The van der Waals surface area contributed by atoms with E-state index >= 15 is 0 Å². The Bertz CT molecular complexity index is 283. The average molecular weight is 242 g/mol. The molecule has 0 amide bonds. The van der Waals surface area contributed by atoms with Crippen molar-refractivity contribution in [2.45, 2.75) is 32.7 Å². The lowest BCUT2D eigenvalue weighted by Gasteiger charge is -2.13. The lowest BCUT2D eigenvalue weighted by Crippen LogP contribution is -2.10. The van der Waals surface area contributed by atoms with E-state index in [0.29, 0.717) is 0 Å². The van der Waals surface area contributed by atoms with Gasteiger partial charge in [0.15, 0.2) is 0 Å². The summed E-state index contributed by atoms with van der Waals surface area (Å²) in [5, 5.41) is 0. The molecule has 0 spiro atoms. The fourth-order valence-corrected chi connectivity index (χ4v) is 1.95. The minimum Gasteiger partial charge on any atom is -0.324 e. The van der Waals surface area contributed by atoms with Gasteiger partial charge in [-0.1, -0.05) is 47.0 Å². The third-order valence-corrected chi connectivity index (χ3v) is 2.87. The number of benzene rings is 1. The molecule has 0 aliphatic heterocycles. The highest BCUT2D eigenvalue weighted by Gasteiger charge is 2.08. The van der Waals surface area contributed by atoms with Crippen LogP contribution in [0.4, 0.5) is 0 Å². The number of hydrogen-bond donors (Lipinski definition) is 1. The molecule has 1 aromatic carbocycles. The van der Waals surface area contributed by atoms with Crippen LogP contribution >= 0.6 is 15.9 Å². The van der Waals surface area contributed by atoms with Crippen molar-refractivity contribution in [2.75, 3.05) is 0 Å². The van der Waals surface area contributed by atoms with Crippen LogP contribution in [0.25, 0.3) is 0 Å². The summed E-state index contributed by atoms with van der Waals surface area (Å²) in [5.41, 5.74) is 8.54. The van der Waals surface area contributed by atoms with Gasteiger partial charge in [-0.3, -0.25) is 0 Å². The molecule has 72 valence electrons. The summed E-state index contributed by atoms with van der Waals surface area (Å²) in [6, 6.07) is 6.48. The Morgan fingerprint density at radius 3 is 2.77 bits per heavy atom. The van der Waals surface area contributed by atoms with Crippen molar-refractivity contribution < 1.29 is 0 Å². The number of rotatable bonds is 3. The Balaban J connectivity index is 2.91. The highest BCUT2D eigenvalue weighted by molar-refractivity contribution is 9.10. The first-order valence-corrected chi connectivity index (χ1v) is 5.46. The van der Waals surface area contributed by atoms with Crippen LogP contribution in [0.3, 0.4) is 0 Å². The summed E-state index contributed by atoms with van der Waals surface area (Å²) >= 11 is 3.52. The van der Waals surface area contributed by atoms with Crippen molar-refractivity contribution >= 4 is 15.9 Å². The van der Waals surface area contributed by atoms with Gasteiger partial charge in [-0.15, -0.1) is 0 Å². The predicted octanol–water partition coefficient (Wildman–Crippen LogP) is 3.56. The Kier molecular flexibility index (Phi) is 3.94. The molecule has 0 radical (unpaired) electrons. The Morgan fingerprint density at radius 2 is 2.15 bits per heavy atom. The second-order valence-electron chi connectivity index (χ2n) is 3.42. The van der Waals surface area contributed by atoms with E-state index < -0.39 is 0 Å². The largest absolute Gasteiger partial charge is 0.324 e. The summed E-state index contributed by atoms with van der Waals surface area (Å²) in [6.45, 7) is 4.25. The molecule has 0 saturated heterocycles. The molecule has 1 nitrogen and oxygen atoms in total. The molecule has 1 atom stereocenters. The molecule has 0 aromatic heterocycles. The molecule has 13 heavy (non-hydrogen) atoms. The van der Waals surface area contributed by atoms with Gasteiger partial charge in [-0.25, -0.2) is 0 Å². The first kappa shape index (κ1) is 10.7. The molecule has 0 bridgehead atoms. The Hall–Kier alpha value is -0.340. The number of hydrogen-bond acceptors (Lipinski definition) is 1. The second-order valence-corrected chi connectivity index (χ2v) is 4.27. The summed E-state index contributed by atoms with van der Waals surface area (Å²) in [7, 11) is 0. The average Bonchev–Trinajstić information content (AvgIpc) is 2.09. The van der Waals surface area contributed by atoms with Crippen molar-refractivity contribution in [1.29, 1.82) is 0 Å². The fourth-order valence-electron chi connectivity index (χ4n) is 1.41. The third-order valence-electron chi connectivity index (χ3n) is 2.15. The van der Waals surface area contributed by atoms with E-state index in [1.165, 1.54) is 11.1 Å². The van der Waals surface area contributed by atoms with Gasteiger partial charge in [0.05, 0.1) is 0 Å². The van der Waals surface area contributed by atoms with Gasteiger partial charge in [0.2, 0.25) is 0 Å². The molecule has 1 rings (SSSR count). The van der Waals surface area contributed by atoms with Gasteiger partial charge in [0.1, 0.15) is 0 Å². The molecule has 1 aromatic rings. The minimum atomic E-state index is 0.166. The zero-order valence-corrected chi connectivity index (χ0v) is 9.76. The second kappa shape index (κ2) is 4.77. The topological polar surface area (TPSA) is 26.0 Å². The first-order chi connectivity index (χ1) is 6.15. The number of aryl methyl sites for hydroxylation is 1. The molecule has 0 saturated carbocycles.